The molecule has 0 saturated carbocycles. The summed E-state index contributed by atoms with van der Waals surface area (Å²) in [7, 11) is 1.04. The van der Waals surface area contributed by atoms with E-state index in [-0.39, 0.29) is 5.56 Å². The monoisotopic (exact) mass is 261 g/mol. The molecular weight excluding hydrogens is 255 g/mol. The van der Waals surface area contributed by atoms with E-state index in [1.165, 1.54) is 6.07 Å². The lowest BCUT2D eigenvalue weighted by atomic mass is 10.2. The van der Waals surface area contributed by atoms with Gasteiger partial charge in [-0.25, -0.2) is 4.79 Å². The molecule has 2 N–H and O–H groups in total. The van der Waals surface area contributed by atoms with Gasteiger partial charge in [-0.3, -0.25) is 0 Å². The van der Waals surface area contributed by atoms with Crippen molar-refractivity contribution in [3.63, 3.8) is 0 Å². The number of nitrogen functional groups attached to an aromatic ring is 1. The predicted octanol–water partition coefficient (Wildman–Crippen LogP) is 1.22. The number of hydrogen-bond acceptors (Lipinski definition) is 6. The van der Waals surface area contributed by atoms with Crippen molar-refractivity contribution in [3.05, 3.63) is 17.3 Å². The van der Waals surface area contributed by atoms with Crippen molar-refractivity contribution in [2.45, 2.75) is 6.36 Å². The summed E-state index contributed by atoms with van der Waals surface area (Å²) >= 11 is 0. The number of carbonyl (C=O) groups excluding carboxylic acids is 1. The van der Waals surface area contributed by atoms with Crippen LogP contribution < -0.4 is 10.5 Å². The van der Waals surface area contributed by atoms with Crippen molar-refractivity contribution in [1.82, 2.24) is 4.98 Å². The van der Waals surface area contributed by atoms with Crippen LogP contribution in [0.15, 0.2) is 6.07 Å². The third kappa shape index (κ3) is 3.00. The maximum atomic E-state index is 12.0. The maximum Gasteiger partial charge on any atom is 0.574 e. The molecule has 96 valence electrons. The first-order chi connectivity index (χ1) is 8.28. The van der Waals surface area contributed by atoms with Crippen LogP contribution in [-0.4, -0.2) is 24.4 Å². The second-order valence-corrected chi connectivity index (χ2v) is 2.93. The third-order valence-electron chi connectivity index (χ3n) is 1.74. The van der Waals surface area contributed by atoms with Gasteiger partial charge in [0, 0.05) is 0 Å². The number of carbonyl (C=O) groups is 1. The van der Waals surface area contributed by atoms with E-state index in [0.717, 1.165) is 13.2 Å². The normalized spacial score (nSPS) is 10.6. The summed E-state index contributed by atoms with van der Waals surface area (Å²) in [5, 5.41) is 8.68. The summed E-state index contributed by atoms with van der Waals surface area (Å²) in [6.45, 7) is 0. The fourth-order valence-corrected chi connectivity index (χ4v) is 1.05. The van der Waals surface area contributed by atoms with E-state index in [1.807, 2.05) is 0 Å². The van der Waals surface area contributed by atoms with Crippen LogP contribution in [0.3, 0.4) is 0 Å². The number of methoxy groups -OCH3 is 1. The van der Waals surface area contributed by atoms with Crippen LogP contribution in [-0.2, 0) is 4.74 Å². The minimum Gasteiger partial charge on any atom is -0.465 e. The Hall–Kier alpha value is -2.50. The molecule has 0 atom stereocenters. The zero-order valence-electron chi connectivity index (χ0n) is 8.91. The lowest BCUT2D eigenvalue weighted by Gasteiger charge is -2.11. The molecule has 0 aliphatic rings. The Bertz CT molecular complexity index is 522. The highest BCUT2D eigenvalue weighted by molar-refractivity contribution is 5.92. The molecule has 0 bridgehead atoms. The second-order valence-electron chi connectivity index (χ2n) is 2.93. The zero-order valence-corrected chi connectivity index (χ0v) is 8.91. The average Bonchev–Trinajstić information content (AvgIpc) is 2.28. The molecule has 0 amide bonds. The third-order valence-corrected chi connectivity index (χ3v) is 1.74. The molecule has 0 radical (unpaired) electrons. The van der Waals surface area contributed by atoms with Gasteiger partial charge in [0.1, 0.15) is 6.07 Å². The topological polar surface area (TPSA) is 98.2 Å². The van der Waals surface area contributed by atoms with Crippen molar-refractivity contribution in [1.29, 1.82) is 5.26 Å². The van der Waals surface area contributed by atoms with Gasteiger partial charge in [-0.05, 0) is 6.07 Å². The first kappa shape index (κ1) is 13.6. The Balaban J connectivity index is 3.28. The van der Waals surface area contributed by atoms with E-state index in [4.69, 9.17) is 11.0 Å². The highest BCUT2D eigenvalue weighted by Gasteiger charge is 2.33. The smallest absolute Gasteiger partial charge is 0.465 e. The summed E-state index contributed by atoms with van der Waals surface area (Å²) in [4.78, 5) is 14.4. The Morgan fingerprint density at radius 1 is 1.56 bits per heavy atom. The summed E-state index contributed by atoms with van der Waals surface area (Å²) in [6.07, 6.45) is -5.00. The number of anilines is 1. The molecule has 0 aromatic carbocycles. The molecule has 0 aliphatic heterocycles. The molecule has 0 unspecified atom stereocenters. The summed E-state index contributed by atoms with van der Waals surface area (Å²) in [5.74, 6) is -1.93. The van der Waals surface area contributed by atoms with Crippen LogP contribution >= 0.6 is 0 Å². The van der Waals surface area contributed by atoms with Gasteiger partial charge in [-0.15, -0.1) is 13.2 Å². The number of nitrogens with zero attached hydrogens (tertiary/aromatic N) is 2. The Kier molecular flexibility index (Phi) is 3.61. The number of pyridine rings is 1. The van der Waals surface area contributed by atoms with E-state index >= 15 is 0 Å². The number of alkyl halides is 3. The SMILES string of the molecule is COC(=O)c1cc(N)c(OC(F)(F)F)nc1C#N. The van der Waals surface area contributed by atoms with Crippen LogP contribution in [0.25, 0.3) is 0 Å². The first-order valence-electron chi connectivity index (χ1n) is 4.33. The maximum absolute atomic E-state index is 12.0. The van der Waals surface area contributed by atoms with Crippen molar-refractivity contribution in [3.8, 4) is 11.9 Å². The number of rotatable bonds is 2. The van der Waals surface area contributed by atoms with Crippen molar-refractivity contribution in [2.24, 2.45) is 0 Å². The lowest BCUT2D eigenvalue weighted by Crippen LogP contribution is -2.20. The first-order valence-corrected chi connectivity index (χ1v) is 4.33. The molecule has 9 heteroatoms. The number of aromatic nitrogens is 1. The van der Waals surface area contributed by atoms with Crippen molar-refractivity contribution < 1.29 is 27.4 Å². The van der Waals surface area contributed by atoms with E-state index in [1.54, 1.807) is 0 Å². The van der Waals surface area contributed by atoms with Gasteiger partial charge in [0.2, 0.25) is 5.88 Å². The van der Waals surface area contributed by atoms with Crippen LogP contribution in [0.1, 0.15) is 16.1 Å². The number of ether oxygens (including phenoxy) is 2. The Morgan fingerprint density at radius 2 is 2.17 bits per heavy atom. The molecule has 0 spiro atoms. The van der Waals surface area contributed by atoms with E-state index in [2.05, 4.69) is 14.5 Å². The summed E-state index contributed by atoms with van der Waals surface area (Å²) in [6, 6.07) is 2.28. The summed E-state index contributed by atoms with van der Waals surface area (Å²) in [5.41, 5.74) is 3.79. The summed E-state index contributed by atoms with van der Waals surface area (Å²) < 4.78 is 43.8. The van der Waals surface area contributed by atoms with Crippen LogP contribution in [0.4, 0.5) is 18.9 Å². The van der Waals surface area contributed by atoms with Crippen LogP contribution in [0.5, 0.6) is 5.88 Å². The standard InChI is InChI=1S/C9H6F3N3O3/c1-17-8(16)4-2-5(14)7(15-6(4)3-13)18-9(10,11)12/h2H,14H2,1H3. The number of halogens is 3. The van der Waals surface area contributed by atoms with Gasteiger partial charge < -0.3 is 15.2 Å². The van der Waals surface area contributed by atoms with E-state index < -0.39 is 29.6 Å². The van der Waals surface area contributed by atoms with Gasteiger partial charge in [0.15, 0.2) is 5.69 Å². The molecule has 0 fully saturated rings. The van der Waals surface area contributed by atoms with Gasteiger partial charge in [0.25, 0.3) is 0 Å². The lowest BCUT2D eigenvalue weighted by molar-refractivity contribution is -0.275. The second kappa shape index (κ2) is 4.79. The van der Waals surface area contributed by atoms with Crippen LogP contribution in [0.2, 0.25) is 0 Å². The fourth-order valence-electron chi connectivity index (χ4n) is 1.05. The number of nitriles is 1. The number of nitrogens with two attached hydrogens (primary N) is 1. The van der Waals surface area contributed by atoms with E-state index in [9.17, 15) is 18.0 Å². The van der Waals surface area contributed by atoms with Crippen LogP contribution in [0, 0.1) is 11.3 Å². The highest BCUT2D eigenvalue weighted by Crippen LogP contribution is 2.28. The molecule has 1 aromatic heterocycles. The molecule has 1 rings (SSSR count). The highest BCUT2D eigenvalue weighted by atomic mass is 19.4. The fraction of sp³-hybridized carbons (Fsp3) is 0.222. The molecule has 1 heterocycles. The molecule has 1 aromatic rings. The minimum atomic E-state index is -5.00. The minimum absolute atomic E-state index is 0.341. The zero-order chi connectivity index (χ0) is 13.9. The van der Waals surface area contributed by atoms with Crippen molar-refractivity contribution >= 4 is 11.7 Å². The van der Waals surface area contributed by atoms with E-state index in [0.29, 0.717) is 0 Å². The number of hydrogen-bond donors (Lipinski definition) is 1. The molecule has 0 aliphatic carbocycles. The number of esters is 1. The quantitative estimate of drug-likeness (QED) is 0.803. The Morgan fingerprint density at radius 3 is 2.61 bits per heavy atom. The molecule has 18 heavy (non-hydrogen) atoms. The molecule has 0 saturated heterocycles. The van der Waals surface area contributed by atoms with Gasteiger partial charge in [-0.2, -0.15) is 10.2 Å². The largest absolute Gasteiger partial charge is 0.574 e. The molecular formula is C9H6F3N3O3. The molecule has 6 nitrogen and oxygen atoms in total. The van der Waals surface area contributed by atoms with Gasteiger partial charge >= 0.3 is 12.3 Å². The Labute approximate surface area is 98.7 Å². The van der Waals surface area contributed by atoms with Gasteiger partial charge in [0.05, 0.1) is 18.4 Å². The average molecular weight is 261 g/mol. The predicted molar refractivity (Wildman–Crippen MR) is 51.4 cm³/mol. The van der Waals surface area contributed by atoms with Gasteiger partial charge in [-0.1, -0.05) is 0 Å². The van der Waals surface area contributed by atoms with Crippen molar-refractivity contribution in [2.75, 3.05) is 12.8 Å².